The zero-order valence-electron chi connectivity index (χ0n) is 16.3. The van der Waals surface area contributed by atoms with Gasteiger partial charge in [-0.15, -0.1) is 6.58 Å². The first-order valence-corrected chi connectivity index (χ1v) is 9.75. The maximum Gasteiger partial charge on any atom is 0.123 e. The van der Waals surface area contributed by atoms with E-state index in [2.05, 4.69) is 34.7 Å². The Morgan fingerprint density at radius 3 is 2.85 bits per heavy atom. The van der Waals surface area contributed by atoms with Crippen molar-refractivity contribution in [2.24, 2.45) is 5.92 Å². The van der Waals surface area contributed by atoms with Crippen molar-refractivity contribution in [3.05, 3.63) is 72.1 Å². The number of rotatable bonds is 8. The number of benzene rings is 1. The van der Waals surface area contributed by atoms with Crippen LogP contribution >= 0.6 is 0 Å². The van der Waals surface area contributed by atoms with E-state index in [-0.39, 0.29) is 18.1 Å². The van der Waals surface area contributed by atoms with Gasteiger partial charge in [0.15, 0.2) is 0 Å². The fraction of sp³-hybridized carbons (Fsp3) is 0.435. The van der Waals surface area contributed by atoms with Crippen molar-refractivity contribution in [2.75, 3.05) is 13.1 Å². The predicted molar refractivity (Wildman–Crippen MR) is 109 cm³/mol. The molecule has 0 unspecified atom stereocenters. The molecule has 1 saturated heterocycles. The molecule has 0 radical (unpaired) electrons. The second kappa shape index (κ2) is 9.16. The number of pyridine rings is 1. The van der Waals surface area contributed by atoms with E-state index in [0.717, 1.165) is 37.4 Å². The summed E-state index contributed by atoms with van der Waals surface area (Å²) >= 11 is 0. The van der Waals surface area contributed by atoms with Crippen LogP contribution in [0.3, 0.4) is 0 Å². The molecule has 2 heterocycles. The molecule has 4 heteroatoms. The minimum atomic E-state index is -0.303. The SMILES string of the molecule is C=CCc1cc(CN2C[C@@H](Cc3ccccn3)[C@H](O)C2)ccc1OC(C)C. The highest BCUT2D eigenvalue weighted by molar-refractivity contribution is 5.38. The Morgan fingerprint density at radius 2 is 2.15 bits per heavy atom. The van der Waals surface area contributed by atoms with Crippen LogP contribution in [0.15, 0.2) is 55.3 Å². The minimum Gasteiger partial charge on any atom is -0.491 e. The molecule has 27 heavy (non-hydrogen) atoms. The van der Waals surface area contributed by atoms with Gasteiger partial charge in [0.05, 0.1) is 12.2 Å². The Bertz CT molecular complexity index is 745. The standard InChI is InChI=1S/C23H30N2O2/c1-4-7-19-12-18(9-10-23(19)27-17(2)3)14-25-15-20(22(26)16-25)13-21-8-5-6-11-24-21/h4-6,8-12,17,20,22,26H,1,7,13-16H2,2-3H3/t20-,22-/m1/s1. The van der Waals surface area contributed by atoms with Gasteiger partial charge in [-0.2, -0.15) is 0 Å². The zero-order chi connectivity index (χ0) is 19.2. The molecule has 3 rings (SSSR count). The van der Waals surface area contributed by atoms with Crippen molar-refractivity contribution in [2.45, 2.75) is 45.4 Å². The fourth-order valence-electron chi connectivity index (χ4n) is 3.73. The Labute approximate surface area is 162 Å². The molecule has 1 aliphatic heterocycles. The number of β-amino-alcohol motifs (C(OH)–C–C–N with tert-alkyl or cyclic N) is 1. The summed E-state index contributed by atoms with van der Waals surface area (Å²) in [5.74, 6) is 1.17. The molecular weight excluding hydrogens is 336 g/mol. The topological polar surface area (TPSA) is 45.6 Å². The van der Waals surface area contributed by atoms with Gasteiger partial charge in [-0.05, 0) is 56.0 Å². The highest BCUT2D eigenvalue weighted by Gasteiger charge is 2.31. The van der Waals surface area contributed by atoms with Crippen molar-refractivity contribution in [1.29, 1.82) is 0 Å². The molecule has 2 atom stereocenters. The summed E-state index contributed by atoms with van der Waals surface area (Å²) in [6.45, 7) is 10.4. The highest BCUT2D eigenvalue weighted by atomic mass is 16.5. The van der Waals surface area contributed by atoms with Gasteiger partial charge in [0.25, 0.3) is 0 Å². The number of aliphatic hydroxyl groups is 1. The Balaban J connectivity index is 1.64. The number of aromatic nitrogens is 1. The van der Waals surface area contributed by atoms with Crippen molar-refractivity contribution >= 4 is 0 Å². The number of hydrogen-bond acceptors (Lipinski definition) is 4. The average Bonchev–Trinajstić information content (AvgIpc) is 2.97. The number of hydrogen-bond donors (Lipinski definition) is 1. The van der Waals surface area contributed by atoms with Gasteiger partial charge in [-0.1, -0.05) is 24.3 Å². The second-order valence-corrected chi connectivity index (χ2v) is 7.65. The van der Waals surface area contributed by atoms with E-state index in [1.807, 2.05) is 44.3 Å². The van der Waals surface area contributed by atoms with E-state index in [1.54, 1.807) is 0 Å². The van der Waals surface area contributed by atoms with Gasteiger partial charge < -0.3 is 9.84 Å². The van der Waals surface area contributed by atoms with Gasteiger partial charge in [-0.25, -0.2) is 0 Å². The Morgan fingerprint density at radius 1 is 1.30 bits per heavy atom. The maximum absolute atomic E-state index is 10.5. The van der Waals surface area contributed by atoms with Crippen LogP contribution in [0, 0.1) is 5.92 Å². The van der Waals surface area contributed by atoms with E-state index in [1.165, 1.54) is 11.1 Å². The summed E-state index contributed by atoms with van der Waals surface area (Å²) in [6, 6.07) is 12.4. The van der Waals surface area contributed by atoms with E-state index in [9.17, 15) is 5.11 Å². The Kier molecular flexibility index (Phi) is 6.64. The normalized spacial score (nSPS) is 20.1. The number of nitrogens with zero attached hydrogens (tertiary/aromatic N) is 2. The molecule has 1 aliphatic rings. The lowest BCUT2D eigenvalue weighted by molar-refractivity contribution is 0.140. The summed E-state index contributed by atoms with van der Waals surface area (Å²) in [6.07, 6.45) is 5.19. The lowest BCUT2D eigenvalue weighted by Crippen LogP contribution is -2.21. The molecule has 0 amide bonds. The third kappa shape index (κ3) is 5.41. The number of ether oxygens (including phenoxy) is 1. The summed E-state index contributed by atoms with van der Waals surface area (Å²) in [4.78, 5) is 6.73. The van der Waals surface area contributed by atoms with Gasteiger partial charge in [0, 0.05) is 37.4 Å². The van der Waals surface area contributed by atoms with Gasteiger partial charge in [0.1, 0.15) is 5.75 Å². The first-order valence-electron chi connectivity index (χ1n) is 9.75. The van der Waals surface area contributed by atoms with Crippen LogP contribution in [0.25, 0.3) is 0 Å². The van der Waals surface area contributed by atoms with E-state index in [4.69, 9.17) is 4.74 Å². The number of likely N-dealkylation sites (tertiary alicyclic amines) is 1. The molecule has 1 aromatic carbocycles. The van der Waals surface area contributed by atoms with Gasteiger partial charge >= 0.3 is 0 Å². The van der Waals surface area contributed by atoms with Crippen LogP contribution < -0.4 is 4.74 Å². The van der Waals surface area contributed by atoms with Crippen molar-refractivity contribution in [3.8, 4) is 5.75 Å². The van der Waals surface area contributed by atoms with Crippen LogP contribution in [0.4, 0.5) is 0 Å². The second-order valence-electron chi connectivity index (χ2n) is 7.65. The van der Waals surface area contributed by atoms with Crippen molar-refractivity contribution in [3.63, 3.8) is 0 Å². The van der Waals surface area contributed by atoms with Crippen molar-refractivity contribution < 1.29 is 9.84 Å². The molecule has 0 aliphatic carbocycles. The third-order valence-corrected chi connectivity index (χ3v) is 4.94. The summed E-state index contributed by atoms with van der Waals surface area (Å²) in [7, 11) is 0. The van der Waals surface area contributed by atoms with Crippen molar-refractivity contribution in [1.82, 2.24) is 9.88 Å². The molecule has 0 saturated carbocycles. The smallest absolute Gasteiger partial charge is 0.123 e. The molecule has 1 N–H and O–H groups in total. The lowest BCUT2D eigenvalue weighted by Gasteiger charge is -2.18. The largest absolute Gasteiger partial charge is 0.491 e. The van der Waals surface area contributed by atoms with E-state index < -0.39 is 0 Å². The summed E-state index contributed by atoms with van der Waals surface area (Å²) in [5, 5.41) is 10.5. The van der Waals surface area contributed by atoms with E-state index in [0.29, 0.717) is 6.54 Å². The van der Waals surface area contributed by atoms with Crippen LogP contribution in [-0.2, 0) is 19.4 Å². The average molecular weight is 367 g/mol. The first-order chi connectivity index (χ1) is 13.0. The van der Waals surface area contributed by atoms with Gasteiger partial charge in [0.2, 0.25) is 0 Å². The molecule has 1 fully saturated rings. The summed E-state index contributed by atoms with van der Waals surface area (Å²) in [5.41, 5.74) is 3.46. The maximum atomic E-state index is 10.5. The van der Waals surface area contributed by atoms with Crippen LogP contribution in [0.1, 0.15) is 30.7 Å². The monoisotopic (exact) mass is 366 g/mol. The summed E-state index contributed by atoms with van der Waals surface area (Å²) < 4.78 is 5.92. The molecule has 0 bridgehead atoms. The molecular formula is C23H30N2O2. The van der Waals surface area contributed by atoms with Crippen LogP contribution in [0.5, 0.6) is 5.75 Å². The first kappa shape index (κ1) is 19.6. The minimum absolute atomic E-state index is 0.153. The molecule has 144 valence electrons. The number of aliphatic hydroxyl groups excluding tert-OH is 1. The third-order valence-electron chi connectivity index (χ3n) is 4.94. The molecule has 0 spiro atoms. The van der Waals surface area contributed by atoms with Crippen LogP contribution in [0.2, 0.25) is 0 Å². The fourth-order valence-corrected chi connectivity index (χ4v) is 3.73. The highest BCUT2D eigenvalue weighted by Crippen LogP contribution is 2.26. The predicted octanol–water partition coefficient (Wildman–Crippen LogP) is 3.63. The molecule has 4 nitrogen and oxygen atoms in total. The lowest BCUT2D eigenvalue weighted by atomic mass is 10.00. The van der Waals surface area contributed by atoms with Crippen LogP contribution in [-0.4, -0.2) is 40.3 Å². The Hall–Kier alpha value is -2.17. The number of allylic oxidation sites excluding steroid dienone is 1. The van der Waals surface area contributed by atoms with E-state index >= 15 is 0 Å². The zero-order valence-corrected chi connectivity index (χ0v) is 16.3. The molecule has 1 aromatic heterocycles. The van der Waals surface area contributed by atoms with Gasteiger partial charge in [-0.3, -0.25) is 9.88 Å². The quantitative estimate of drug-likeness (QED) is 0.725. The molecule has 2 aromatic rings.